The summed E-state index contributed by atoms with van der Waals surface area (Å²) in [6.45, 7) is 0. The predicted octanol–water partition coefficient (Wildman–Crippen LogP) is 4.40. The third-order valence-corrected chi connectivity index (χ3v) is 3.16. The molecule has 1 N–H and O–H groups in total. The number of halogens is 1. The van der Waals surface area contributed by atoms with Gasteiger partial charge in [0.15, 0.2) is 0 Å². The largest absolute Gasteiger partial charge is 0.276 e. The Labute approximate surface area is 110 Å². The number of hydrogen-bond acceptors (Lipinski definition) is 1. The van der Waals surface area contributed by atoms with Crippen LogP contribution in [0, 0.1) is 0 Å². The molecule has 1 heterocycles. The van der Waals surface area contributed by atoms with Crippen molar-refractivity contribution in [2.45, 2.75) is 0 Å². The highest BCUT2D eigenvalue weighted by Crippen LogP contribution is 2.27. The van der Waals surface area contributed by atoms with Crippen molar-refractivity contribution in [1.82, 2.24) is 10.2 Å². The summed E-state index contributed by atoms with van der Waals surface area (Å²) in [5.74, 6) is 0. The van der Waals surface area contributed by atoms with Crippen LogP contribution in [-0.4, -0.2) is 10.2 Å². The van der Waals surface area contributed by atoms with E-state index in [0.29, 0.717) is 5.02 Å². The first kappa shape index (κ1) is 11.1. The van der Waals surface area contributed by atoms with Crippen LogP contribution < -0.4 is 0 Å². The second-order valence-corrected chi connectivity index (χ2v) is 4.44. The van der Waals surface area contributed by atoms with Crippen LogP contribution in [0.4, 0.5) is 0 Å². The molecule has 0 atom stereocenters. The van der Waals surface area contributed by atoms with Gasteiger partial charge in [0.05, 0.1) is 16.9 Å². The van der Waals surface area contributed by atoms with E-state index in [1.165, 1.54) is 11.1 Å². The summed E-state index contributed by atoms with van der Waals surface area (Å²) in [6.07, 6.45) is 1.61. The fourth-order valence-corrected chi connectivity index (χ4v) is 2.13. The molecule has 2 nitrogen and oxygen atoms in total. The predicted molar refractivity (Wildman–Crippen MR) is 74.5 cm³/mol. The van der Waals surface area contributed by atoms with E-state index in [9.17, 15) is 0 Å². The van der Waals surface area contributed by atoms with E-state index in [0.717, 1.165) is 11.3 Å². The quantitative estimate of drug-likeness (QED) is 0.722. The average Bonchev–Trinajstić information content (AvgIpc) is 2.86. The zero-order chi connectivity index (χ0) is 12.4. The maximum absolute atomic E-state index is 6.04. The van der Waals surface area contributed by atoms with Crippen molar-refractivity contribution in [1.29, 1.82) is 0 Å². The Morgan fingerprint density at radius 2 is 1.39 bits per heavy atom. The molecular weight excluding hydrogens is 244 g/mol. The average molecular weight is 255 g/mol. The summed E-state index contributed by atoms with van der Waals surface area (Å²) < 4.78 is 0. The van der Waals surface area contributed by atoms with E-state index in [1.54, 1.807) is 6.20 Å². The number of benzene rings is 2. The molecule has 3 rings (SSSR count). The van der Waals surface area contributed by atoms with Crippen molar-refractivity contribution in [2.75, 3.05) is 0 Å². The van der Waals surface area contributed by atoms with E-state index in [2.05, 4.69) is 34.5 Å². The monoisotopic (exact) mass is 254 g/mol. The number of H-pyrrole nitrogens is 1. The van der Waals surface area contributed by atoms with Crippen molar-refractivity contribution in [3.8, 4) is 22.4 Å². The number of aromatic amines is 1. The normalized spacial score (nSPS) is 10.5. The molecule has 0 amide bonds. The number of nitrogens with one attached hydrogen (secondary N) is 1. The zero-order valence-corrected chi connectivity index (χ0v) is 10.4. The van der Waals surface area contributed by atoms with Gasteiger partial charge in [-0.2, -0.15) is 5.10 Å². The van der Waals surface area contributed by atoms with Crippen molar-refractivity contribution in [3.63, 3.8) is 0 Å². The molecule has 0 unspecified atom stereocenters. The lowest BCUT2D eigenvalue weighted by atomic mass is 10.0. The first-order valence-electron chi connectivity index (χ1n) is 5.69. The van der Waals surface area contributed by atoms with Gasteiger partial charge in [-0.1, -0.05) is 66.2 Å². The highest BCUT2D eigenvalue weighted by Gasteiger charge is 2.05. The van der Waals surface area contributed by atoms with E-state index in [-0.39, 0.29) is 0 Å². The molecular formula is C15H11ClN2. The molecule has 1 aromatic heterocycles. The smallest absolute Gasteiger partial charge is 0.0862 e. The van der Waals surface area contributed by atoms with Crippen molar-refractivity contribution >= 4 is 11.6 Å². The molecule has 0 radical (unpaired) electrons. The standard InChI is InChI=1S/C15H11ClN2/c16-14-10-17-18-15(14)13-8-6-12(7-9-13)11-4-2-1-3-5-11/h1-10H,(H,17,18). The van der Waals surface area contributed by atoms with Gasteiger partial charge < -0.3 is 0 Å². The van der Waals surface area contributed by atoms with Crippen molar-refractivity contribution < 1.29 is 0 Å². The van der Waals surface area contributed by atoms with E-state index < -0.39 is 0 Å². The summed E-state index contributed by atoms with van der Waals surface area (Å²) in [6, 6.07) is 18.5. The lowest BCUT2D eigenvalue weighted by molar-refractivity contribution is 1.10. The maximum Gasteiger partial charge on any atom is 0.0862 e. The number of nitrogens with zero attached hydrogens (tertiary/aromatic N) is 1. The fraction of sp³-hybridized carbons (Fsp3) is 0. The summed E-state index contributed by atoms with van der Waals surface area (Å²) in [5.41, 5.74) is 4.29. The molecule has 3 aromatic rings. The SMILES string of the molecule is Clc1cn[nH]c1-c1ccc(-c2ccccc2)cc1. The van der Waals surface area contributed by atoms with Crippen LogP contribution >= 0.6 is 11.6 Å². The minimum atomic E-state index is 0.641. The summed E-state index contributed by atoms with van der Waals surface area (Å²) >= 11 is 6.04. The highest BCUT2D eigenvalue weighted by atomic mass is 35.5. The second-order valence-electron chi connectivity index (χ2n) is 4.04. The van der Waals surface area contributed by atoms with Gasteiger partial charge in [-0.3, -0.25) is 5.10 Å². The Hall–Kier alpha value is -2.06. The third kappa shape index (κ3) is 2.03. The topological polar surface area (TPSA) is 28.7 Å². The van der Waals surface area contributed by atoms with Gasteiger partial charge in [-0.25, -0.2) is 0 Å². The Balaban J connectivity index is 1.97. The zero-order valence-electron chi connectivity index (χ0n) is 9.60. The molecule has 0 saturated heterocycles. The van der Waals surface area contributed by atoms with Gasteiger partial charge in [-0.05, 0) is 11.1 Å². The van der Waals surface area contributed by atoms with E-state index >= 15 is 0 Å². The minimum absolute atomic E-state index is 0.641. The van der Waals surface area contributed by atoms with Gasteiger partial charge in [0.1, 0.15) is 0 Å². The summed E-state index contributed by atoms with van der Waals surface area (Å²) in [4.78, 5) is 0. The number of aromatic nitrogens is 2. The Kier molecular flexibility index (Phi) is 2.87. The Bertz CT molecular complexity index is 642. The fourth-order valence-electron chi connectivity index (χ4n) is 1.93. The van der Waals surface area contributed by atoms with Crippen LogP contribution in [0.2, 0.25) is 5.02 Å². The Morgan fingerprint density at radius 1 is 0.778 bits per heavy atom. The molecule has 0 aliphatic rings. The molecule has 0 fully saturated rings. The number of hydrogen-bond donors (Lipinski definition) is 1. The van der Waals surface area contributed by atoms with Crippen molar-refractivity contribution in [3.05, 3.63) is 65.8 Å². The molecule has 0 spiro atoms. The first-order chi connectivity index (χ1) is 8.84. The molecule has 3 heteroatoms. The highest BCUT2D eigenvalue weighted by molar-refractivity contribution is 6.32. The molecule has 2 aromatic carbocycles. The van der Waals surface area contributed by atoms with Gasteiger partial charge in [0, 0.05) is 5.56 Å². The van der Waals surface area contributed by atoms with Crippen LogP contribution in [-0.2, 0) is 0 Å². The van der Waals surface area contributed by atoms with Gasteiger partial charge in [-0.15, -0.1) is 0 Å². The van der Waals surface area contributed by atoms with Gasteiger partial charge in [0.2, 0.25) is 0 Å². The van der Waals surface area contributed by atoms with Crippen LogP contribution in [0.3, 0.4) is 0 Å². The minimum Gasteiger partial charge on any atom is -0.276 e. The second kappa shape index (κ2) is 4.67. The van der Waals surface area contributed by atoms with E-state index in [4.69, 9.17) is 11.6 Å². The van der Waals surface area contributed by atoms with Crippen LogP contribution in [0.5, 0.6) is 0 Å². The third-order valence-electron chi connectivity index (χ3n) is 2.87. The molecule has 18 heavy (non-hydrogen) atoms. The van der Waals surface area contributed by atoms with Crippen LogP contribution in [0.25, 0.3) is 22.4 Å². The Morgan fingerprint density at radius 3 is 2.00 bits per heavy atom. The van der Waals surface area contributed by atoms with Gasteiger partial charge in [0.25, 0.3) is 0 Å². The van der Waals surface area contributed by atoms with Gasteiger partial charge >= 0.3 is 0 Å². The van der Waals surface area contributed by atoms with Crippen LogP contribution in [0.1, 0.15) is 0 Å². The van der Waals surface area contributed by atoms with Crippen LogP contribution in [0.15, 0.2) is 60.8 Å². The maximum atomic E-state index is 6.04. The molecule has 0 bridgehead atoms. The summed E-state index contributed by atoms with van der Waals surface area (Å²) in [5, 5.41) is 7.46. The first-order valence-corrected chi connectivity index (χ1v) is 6.07. The lowest BCUT2D eigenvalue weighted by Crippen LogP contribution is -1.81. The van der Waals surface area contributed by atoms with E-state index in [1.807, 2.05) is 30.3 Å². The number of rotatable bonds is 2. The summed E-state index contributed by atoms with van der Waals surface area (Å²) in [7, 11) is 0. The molecule has 88 valence electrons. The van der Waals surface area contributed by atoms with Crippen molar-refractivity contribution in [2.24, 2.45) is 0 Å². The lowest BCUT2D eigenvalue weighted by Gasteiger charge is -2.03. The molecule has 0 saturated carbocycles. The molecule has 0 aliphatic carbocycles. The molecule has 0 aliphatic heterocycles.